The van der Waals surface area contributed by atoms with Crippen molar-refractivity contribution in [2.24, 2.45) is 9.98 Å². The third-order valence-corrected chi connectivity index (χ3v) is 10.2. The first-order valence-electron chi connectivity index (χ1n) is 17.7. The minimum absolute atomic E-state index is 0.201. The summed E-state index contributed by atoms with van der Waals surface area (Å²) in [6.07, 6.45) is 0. The Morgan fingerprint density at radius 1 is 0.538 bits per heavy atom. The Kier molecular flexibility index (Phi) is 6.93. The van der Waals surface area contributed by atoms with Crippen LogP contribution in [0.1, 0.15) is 36.6 Å². The highest BCUT2D eigenvalue weighted by molar-refractivity contribution is 6.20. The standard InChI is InChI=1S/C47H33N3O2/c1-29(31-14-4-3-5-15-31)48-47(49-30(2)32-26-27-44-39(28-32)35-18-8-11-25-43(35)51-44)38-21-12-19-36-37-20-13-24-42(46(37)52-45(36)38)50-40-22-9-6-16-33(40)34-17-7-10-23-41(34)50/h3-28,30H,1-2H3/b48-29+,49-47-. The summed E-state index contributed by atoms with van der Waals surface area (Å²) < 4.78 is 15.5. The van der Waals surface area contributed by atoms with Gasteiger partial charge in [0.1, 0.15) is 16.7 Å². The highest BCUT2D eigenvalue weighted by atomic mass is 16.3. The second-order valence-electron chi connectivity index (χ2n) is 13.4. The Bertz CT molecular complexity index is 3000. The molecule has 10 rings (SSSR count). The van der Waals surface area contributed by atoms with Gasteiger partial charge in [0.15, 0.2) is 11.4 Å². The fourth-order valence-corrected chi connectivity index (χ4v) is 7.66. The van der Waals surface area contributed by atoms with Gasteiger partial charge in [0, 0.05) is 38.0 Å². The van der Waals surface area contributed by atoms with E-state index in [2.05, 4.69) is 127 Å². The van der Waals surface area contributed by atoms with Crippen molar-refractivity contribution in [3.63, 3.8) is 0 Å². The minimum atomic E-state index is -0.201. The molecule has 0 fully saturated rings. The summed E-state index contributed by atoms with van der Waals surface area (Å²) in [5.41, 5.74) is 10.4. The van der Waals surface area contributed by atoms with Gasteiger partial charge in [-0.25, -0.2) is 4.99 Å². The summed E-state index contributed by atoms with van der Waals surface area (Å²) in [4.78, 5) is 10.6. The molecule has 0 saturated carbocycles. The molecule has 3 heterocycles. The first kappa shape index (κ1) is 30.1. The van der Waals surface area contributed by atoms with Gasteiger partial charge < -0.3 is 13.4 Å². The Morgan fingerprint density at radius 2 is 1.15 bits per heavy atom. The van der Waals surface area contributed by atoms with Crippen molar-refractivity contribution in [2.45, 2.75) is 19.9 Å². The van der Waals surface area contributed by atoms with E-state index in [4.69, 9.17) is 18.8 Å². The number of aromatic nitrogens is 1. The zero-order valence-corrected chi connectivity index (χ0v) is 28.7. The first-order valence-corrected chi connectivity index (χ1v) is 17.7. The van der Waals surface area contributed by atoms with Crippen molar-refractivity contribution in [1.82, 2.24) is 4.57 Å². The number of amidine groups is 1. The molecule has 10 aromatic rings. The predicted octanol–water partition coefficient (Wildman–Crippen LogP) is 12.6. The smallest absolute Gasteiger partial charge is 0.159 e. The summed E-state index contributed by atoms with van der Waals surface area (Å²) in [5.74, 6) is 0.620. The second kappa shape index (κ2) is 12.0. The second-order valence-corrected chi connectivity index (χ2v) is 13.4. The monoisotopic (exact) mass is 671 g/mol. The van der Waals surface area contributed by atoms with E-state index < -0.39 is 0 Å². The van der Waals surface area contributed by atoms with E-state index in [1.807, 2.05) is 49.4 Å². The molecule has 0 amide bonds. The summed E-state index contributed by atoms with van der Waals surface area (Å²) >= 11 is 0. The molecule has 0 N–H and O–H groups in total. The van der Waals surface area contributed by atoms with Crippen LogP contribution in [0.3, 0.4) is 0 Å². The van der Waals surface area contributed by atoms with Gasteiger partial charge in [-0.05, 0) is 67.4 Å². The van der Waals surface area contributed by atoms with Gasteiger partial charge in [-0.1, -0.05) is 115 Å². The van der Waals surface area contributed by atoms with E-state index in [1.54, 1.807) is 0 Å². The molecule has 7 aromatic carbocycles. The molecule has 52 heavy (non-hydrogen) atoms. The average Bonchev–Trinajstić information content (AvgIpc) is 3.87. The van der Waals surface area contributed by atoms with Crippen LogP contribution in [0.2, 0.25) is 0 Å². The highest BCUT2D eigenvalue weighted by Gasteiger charge is 2.21. The summed E-state index contributed by atoms with van der Waals surface area (Å²) in [5, 5.41) is 6.67. The van der Waals surface area contributed by atoms with Crippen molar-refractivity contribution >= 4 is 77.2 Å². The summed E-state index contributed by atoms with van der Waals surface area (Å²) in [7, 11) is 0. The number of benzene rings is 7. The highest BCUT2D eigenvalue weighted by Crippen LogP contribution is 2.39. The fourth-order valence-electron chi connectivity index (χ4n) is 7.66. The molecule has 5 heteroatoms. The Morgan fingerprint density at radius 3 is 1.92 bits per heavy atom. The van der Waals surface area contributed by atoms with Crippen LogP contribution in [0.25, 0.3) is 71.4 Å². The van der Waals surface area contributed by atoms with Gasteiger partial charge in [-0.3, -0.25) is 4.99 Å². The van der Waals surface area contributed by atoms with Gasteiger partial charge >= 0.3 is 0 Å². The number of fused-ring (bicyclic) bond motifs is 9. The summed E-state index contributed by atoms with van der Waals surface area (Å²) in [6, 6.07) is 54.4. The molecular weight excluding hydrogens is 639 g/mol. The zero-order valence-electron chi connectivity index (χ0n) is 28.7. The van der Waals surface area contributed by atoms with E-state index >= 15 is 0 Å². The lowest BCUT2D eigenvalue weighted by molar-refractivity contribution is 0.665. The molecule has 3 aromatic heterocycles. The predicted molar refractivity (Wildman–Crippen MR) is 215 cm³/mol. The third-order valence-electron chi connectivity index (χ3n) is 10.2. The maximum Gasteiger partial charge on any atom is 0.159 e. The van der Waals surface area contributed by atoms with Crippen LogP contribution in [-0.4, -0.2) is 16.1 Å². The number of hydrogen-bond acceptors (Lipinski definition) is 3. The molecule has 0 aliphatic rings. The molecule has 0 aliphatic carbocycles. The molecule has 0 aliphatic heterocycles. The maximum atomic E-state index is 7.00. The van der Waals surface area contributed by atoms with E-state index in [-0.39, 0.29) is 6.04 Å². The number of aliphatic imine (C=N–C) groups is 2. The Balaban J connectivity index is 1.18. The molecular formula is C47H33N3O2. The maximum absolute atomic E-state index is 7.00. The number of furan rings is 2. The van der Waals surface area contributed by atoms with Crippen LogP contribution in [0.4, 0.5) is 0 Å². The number of hydrogen-bond donors (Lipinski definition) is 0. The normalized spacial score (nSPS) is 13.3. The minimum Gasteiger partial charge on any atom is -0.456 e. The van der Waals surface area contributed by atoms with E-state index in [9.17, 15) is 0 Å². The van der Waals surface area contributed by atoms with Gasteiger partial charge in [0.05, 0.1) is 28.3 Å². The lowest BCUT2D eigenvalue weighted by Crippen LogP contribution is -2.06. The zero-order chi connectivity index (χ0) is 34.8. The van der Waals surface area contributed by atoms with Crippen LogP contribution < -0.4 is 0 Å². The molecule has 0 bridgehead atoms. The van der Waals surface area contributed by atoms with Crippen LogP contribution in [0.5, 0.6) is 0 Å². The van der Waals surface area contributed by atoms with E-state index in [1.165, 1.54) is 10.8 Å². The van der Waals surface area contributed by atoms with Crippen molar-refractivity contribution in [3.8, 4) is 5.69 Å². The van der Waals surface area contributed by atoms with Crippen LogP contribution in [-0.2, 0) is 0 Å². The van der Waals surface area contributed by atoms with Crippen molar-refractivity contribution in [2.75, 3.05) is 0 Å². The molecule has 0 spiro atoms. The van der Waals surface area contributed by atoms with Crippen LogP contribution in [0, 0.1) is 0 Å². The Hall–Kier alpha value is -6.72. The Labute approximate surface area is 299 Å². The molecule has 1 atom stereocenters. The number of nitrogens with zero attached hydrogens (tertiary/aromatic N) is 3. The molecule has 248 valence electrons. The molecule has 1 unspecified atom stereocenters. The molecule has 5 nitrogen and oxygen atoms in total. The fraction of sp³-hybridized carbons (Fsp3) is 0.0638. The van der Waals surface area contributed by atoms with Crippen LogP contribution in [0.15, 0.2) is 177 Å². The van der Waals surface area contributed by atoms with Crippen LogP contribution >= 0.6 is 0 Å². The average molecular weight is 672 g/mol. The van der Waals surface area contributed by atoms with Gasteiger partial charge in [0.25, 0.3) is 0 Å². The third kappa shape index (κ3) is 4.78. The van der Waals surface area contributed by atoms with Gasteiger partial charge in [-0.2, -0.15) is 0 Å². The van der Waals surface area contributed by atoms with Gasteiger partial charge in [-0.15, -0.1) is 0 Å². The van der Waals surface area contributed by atoms with E-state index in [0.29, 0.717) is 5.84 Å². The quantitative estimate of drug-likeness (QED) is 0.135. The number of rotatable bonds is 5. The van der Waals surface area contributed by atoms with E-state index in [0.717, 1.165) is 83.0 Å². The lowest BCUT2D eigenvalue weighted by atomic mass is 10.0. The lowest BCUT2D eigenvalue weighted by Gasteiger charge is -2.11. The first-order chi connectivity index (χ1) is 25.6. The SMILES string of the molecule is C/C(=N\C(=N/C(C)c1ccc2oc3ccccc3c2c1)c1cccc2c1oc1c(-n3c4ccccc4c4ccccc43)cccc12)c1ccccc1. The van der Waals surface area contributed by atoms with Gasteiger partial charge in [0.2, 0.25) is 0 Å². The molecule has 0 saturated heterocycles. The number of para-hydroxylation sites is 5. The van der Waals surface area contributed by atoms with Crippen molar-refractivity contribution in [3.05, 3.63) is 174 Å². The molecule has 0 radical (unpaired) electrons. The van der Waals surface area contributed by atoms with Crippen molar-refractivity contribution < 1.29 is 8.83 Å². The largest absolute Gasteiger partial charge is 0.456 e. The van der Waals surface area contributed by atoms with Crippen molar-refractivity contribution in [1.29, 1.82) is 0 Å². The topological polar surface area (TPSA) is 55.9 Å². The summed E-state index contributed by atoms with van der Waals surface area (Å²) in [6.45, 7) is 4.16.